The molecule has 48 valence electrons. The molecule has 1 aliphatic rings. The van der Waals surface area contributed by atoms with Gasteiger partial charge in [-0.3, -0.25) is 0 Å². The van der Waals surface area contributed by atoms with E-state index in [-0.39, 0.29) is 6.04 Å². The van der Waals surface area contributed by atoms with Gasteiger partial charge in [0.15, 0.2) is 0 Å². The molecular weight excluding hydrogens is 114 g/mol. The van der Waals surface area contributed by atoms with E-state index in [1.807, 2.05) is 6.92 Å². The normalized spacial score (nSPS) is 25.0. The first kappa shape index (κ1) is 6.24. The monoisotopic (exact) mass is 123 g/mol. The molecule has 0 aromatic carbocycles. The van der Waals surface area contributed by atoms with Crippen LogP contribution in [-0.4, -0.2) is 12.1 Å². The fourth-order valence-electron chi connectivity index (χ4n) is 1.06. The molecular formula is C7H9NO. The number of allylic oxidation sites excluding steroid dienone is 1. The van der Waals surface area contributed by atoms with E-state index >= 15 is 0 Å². The molecule has 0 aliphatic heterocycles. The maximum absolute atomic E-state index is 9.79. The number of hydrogen-bond acceptors (Lipinski definition) is 2. The van der Waals surface area contributed by atoms with Crippen LogP contribution in [0.5, 0.6) is 0 Å². The summed E-state index contributed by atoms with van der Waals surface area (Å²) in [4.78, 5) is 13.4. The van der Waals surface area contributed by atoms with E-state index in [1.165, 1.54) is 5.57 Å². The maximum Gasteiger partial charge on any atom is 0.235 e. The molecule has 0 N–H and O–H groups in total. The molecule has 1 atom stereocenters. The standard InChI is InChI=1S/C7H9NO/c1-6-3-2-4-7(6)8-5-9/h3,7H,2,4H2,1H3. The molecule has 0 heterocycles. The highest BCUT2D eigenvalue weighted by atomic mass is 16.1. The average molecular weight is 123 g/mol. The zero-order chi connectivity index (χ0) is 6.69. The molecule has 0 saturated carbocycles. The molecule has 1 unspecified atom stereocenters. The van der Waals surface area contributed by atoms with E-state index in [2.05, 4.69) is 11.1 Å². The van der Waals surface area contributed by atoms with Gasteiger partial charge in [-0.2, -0.15) is 4.99 Å². The van der Waals surface area contributed by atoms with Crippen LogP contribution in [-0.2, 0) is 4.79 Å². The average Bonchev–Trinajstić information content (AvgIpc) is 2.18. The van der Waals surface area contributed by atoms with E-state index in [4.69, 9.17) is 0 Å². The highest BCUT2D eigenvalue weighted by molar-refractivity contribution is 5.36. The second-order valence-electron chi connectivity index (χ2n) is 2.26. The highest BCUT2D eigenvalue weighted by Crippen LogP contribution is 2.20. The quantitative estimate of drug-likeness (QED) is 0.294. The summed E-state index contributed by atoms with van der Waals surface area (Å²) in [5.74, 6) is 0. The van der Waals surface area contributed by atoms with Crippen molar-refractivity contribution in [2.45, 2.75) is 25.8 Å². The van der Waals surface area contributed by atoms with Crippen LogP contribution in [0.2, 0.25) is 0 Å². The summed E-state index contributed by atoms with van der Waals surface area (Å²) in [5, 5.41) is 0. The minimum atomic E-state index is 0.141. The number of rotatable bonds is 1. The van der Waals surface area contributed by atoms with Gasteiger partial charge in [0.05, 0.1) is 6.04 Å². The Labute approximate surface area is 54.3 Å². The molecule has 1 rings (SSSR count). The zero-order valence-electron chi connectivity index (χ0n) is 5.42. The van der Waals surface area contributed by atoms with Crippen LogP contribution in [0.25, 0.3) is 0 Å². The molecule has 1 aliphatic carbocycles. The number of nitrogens with zero attached hydrogens (tertiary/aromatic N) is 1. The fourth-order valence-corrected chi connectivity index (χ4v) is 1.06. The van der Waals surface area contributed by atoms with Gasteiger partial charge in [-0.05, 0) is 19.8 Å². The molecule has 0 spiro atoms. The van der Waals surface area contributed by atoms with Crippen molar-refractivity contribution in [3.63, 3.8) is 0 Å². The molecule has 0 amide bonds. The number of aliphatic imine (C=N–C) groups is 1. The van der Waals surface area contributed by atoms with Gasteiger partial charge in [-0.15, -0.1) is 0 Å². The van der Waals surface area contributed by atoms with E-state index in [1.54, 1.807) is 6.08 Å². The predicted octanol–water partition coefficient (Wildman–Crippen LogP) is 1.43. The van der Waals surface area contributed by atoms with Crippen LogP contribution < -0.4 is 0 Å². The zero-order valence-corrected chi connectivity index (χ0v) is 5.42. The van der Waals surface area contributed by atoms with Crippen molar-refractivity contribution >= 4 is 6.08 Å². The first-order valence-corrected chi connectivity index (χ1v) is 3.08. The Kier molecular flexibility index (Phi) is 1.81. The van der Waals surface area contributed by atoms with E-state index in [9.17, 15) is 4.79 Å². The number of hydrogen-bond donors (Lipinski definition) is 0. The molecule has 2 nitrogen and oxygen atoms in total. The smallest absolute Gasteiger partial charge is 0.211 e. The summed E-state index contributed by atoms with van der Waals surface area (Å²) >= 11 is 0. The van der Waals surface area contributed by atoms with Crippen molar-refractivity contribution in [2.75, 3.05) is 0 Å². The maximum atomic E-state index is 9.79. The summed E-state index contributed by atoms with van der Waals surface area (Å²) in [7, 11) is 0. The third-order valence-corrected chi connectivity index (χ3v) is 1.64. The van der Waals surface area contributed by atoms with Crippen LogP contribution in [0.4, 0.5) is 0 Å². The first-order valence-electron chi connectivity index (χ1n) is 3.08. The second kappa shape index (κ2) is 2.60. The van der Waals surface area contributed by atoms with Crippen molar-refractivity contribution in [2.24, 2.45) is 4.99 Å². The summed E-state index contributed by atoms with van der Waals surface area (Å²) in [6.07, 6.45) is 5.74. The van der Waals surface area contributed by atoms with Gasteiger partial charge in [0.2, 0.25) is 6.08 Å². The Morgan fingerprint density at radius 2 is 2.67 bits per heavy atom. The van der Waals surface area contributed by atoms with E-state index in [0.717, 1.165) is 12.8 Å². The third-order valence-electron chi connectivity index (χ3n) is 1.64. The molecule has 0 bridgehead atoms. The van der Waals surface area contributed by atoms with Gasteiger partial charge in [0.1, 0.15) is 0 Å². The molecule has 2 heteroatoms. The minimum Gasteiger partial charge on any atom is -0.211 e. The topological polar surface area (TPSA) is 29.4 Å². The molecule has 0 aromatic rings. The lowest BCUT2D eigenvalue weighted by Crippen LogP contribution is -1.98. The van der Waals surface area contributed by atoms with Crippen molar-refractivity contribution in [3.8, 4) is 0 Å². The Morgan fingerprint density at radius 1 is 1.89 bits per heavy atom. The van der Waals surface area contributed by atoms with Crippen molar-refractivity contribution in [1.82, 2.24) is 0 Å². The van der Waals surface area contributed by atoms with Gasteiger partial charge < -0.3 is 0 Å². The largest absolute Gasteiger partial charge is 0.235 e. The lowest BCUT2D eigenvalue weighted by atomic mass is 10.2. The second-order valence-corrected chi connectivity index (χ2v) is 2.26. The van der Waals surface area contributed by atoms with Gasteiger partial charge in [-0.25, -0.2) is 4.79 Å². The van der Waals surface area contributed by atoms with Gasteiger partial charge in [-0.1, -0.05) is 11.6 Å². The van der Waals surface area contributed by atoms with Crippen molar-refractivity contribution in [3.05, 3.63) is 11.6 Å². The molecule has 0 fully saturated rings. The summed E-state index contributed by atoms with van der Waals surface area (Å²) in [6, 6.07) is 0.141. The van der Waals surface area contributed by atoms with Gasteiger partial charge >= 0.3 is 0 Å². The van der Waals surface area contributed by atoms with Crippen LogP contribution in [0.1, 0.15) is 19.8 Å². The lowest BCUT2D eigenvalue weighted by Gasteiger charge is -1.99. The molecule has 9 heavy (non-hydrogen) atoms. The van der Waals surface area contributed by atoms with Gasteiger partial charge in [0, 0.05) is 0 Å². The van der Waals surface area contributed by atoms with Crippen LogP contribution in [0, 0.1) is 0 Å². The van der Waals surface area contributed by atoms with Crippen molar-refractivity contribution < 1.29 is 4.79 Å². The minimum absolute atomic E-state index is 0.141. The molecule has 0 saturated heterocycles. The molecule has 0 radical (unpaired) electrons. The SMILES string of the molecule is CC1=CCCC1N=C=O. The van der Waals surface area contributed by atoms with E-state index in [0.29, 0.717) is 0 Å². The Balaban J connectivity index is 2.63. The van der Waals surface area contributed by atoms with Gasteiger partial charge in [0.25, 0.3) is 0 Å². The van der Waals surface area contributed by atoms with Crippen LogP contribution in [0.15, 0.2) is 16.6 Å². The number of carbonyl (C=O) groups excluding carboxylic acids is 1. The predicted molar refractivity (Wildman–Crippen MR) is 34.9 cm³/mol. The fraction of sp³-hybridized carbons (Fsp3) is 0.571. The lowest BCUT2D eigenvalue weighted by molar-refractivity contribution is 0.559. The first-order chi connectivity index (χ1) is 4.34. The number of isocyanates is 1. The van der Waals surface area contributed by atoms with Crippen LogP contribution >= 0.6 is 0 Å². The Bertz CT molecular complexity index is 177. The molecule has 0 aromatic heterocycles. The van der Waals surface area contributed by atoms with E-state index < -0.39 is 0 Å². The summed E-state index contributed by atoms with van der Waals surface area (Å²) in [5.41, 5.74) is 1.21. The van der Waals surface area contributed by atoms with Crippen molar-refractivity contribution in [1.29, 1.82) is 0 Å². The van der Waals surface area contributed by atoms with Crippen LogP contribution in [0.3, 0.4) is 0 Å². The third kappa shape index (κ3) is 1.27. The Morgan fingerprint density at radius 3 is 3.11 bits per heavy atom. The summed E-state index contributed by atoms with van der Waals surface area (Å²) < 4.78 is 0. The summed E-state index contributed by atoms with van der Waals surface area (Å²) in [6.45, 7) is 2.00. The highest BCUT2D eigenvalue weighted by Gasteiger charge is 2.12. The Hall–Kier alpha value is -0.880.